The van der Waals surface area contributed by atoms with Crippen molar-refractivity contribution < 1.29 is 0 Å². The summed E-state index contributed by atoms with van der Waals surface area (Å²) in [6.07, 6.45) is 1.14. The molecule has 1 aromatic heterocycles. The van der Waals surface area contributed by atoms with E-state index in [2.05, 4.69) is 71.6 Å². The molecular formula is C16H20BrNS. The number of rotatable bonds is 5. The molecule has 0 spiro atoms. The van der Waals surface area contributed by atoms with Crippen molar-refractivity contribution in [3.8, 4) is 0 Å². The van der Waals surface area contributed by atoms with Gasteiger partial charge in [-0.05, 0) is 38.9 Å². The molecule has 0 radical (unpaired) electrons. The van der Waals surface area contributed by atoms with Gasteiger partial charge in [-0.25, -0.2) is 0 Å². The summed E-state index contributed by atoms with van der Waals surface area (Å²) in [4.78, 5) is 1.24. The first kappa shape index (κ1) is 14.8. The molecule has 2 rings (SSSR count). The second-order valence-electron chi connectivity index (χ2n) is 4.98. The summed E-state index contributed by atoms with van der Waals surface area (Å²) in [7, 11) is 0. The highest BCUT2D eigenvalue weighted by Crippen LogP contribution is 2.41. The topological polar surface area (TPSA) is 26.0 Å². The van der Waals surface area contributed by atoms with Crippen molar-refractivity contribution in [2.75, 3.05) is 0 Å². The van der Waals surface area contributed by atoms with Gasteiger partial charge in [0.1, 0.15) is 0 Å². The SMILES string of the molecule is CCC(C)C(c1ccccc1)C(N)c1sccc1Br. The van der Waals surface area contributed by atoms with Crippen LogP contribution in [0.3, 0.4) is 0 Å². The van der Waals surface area contributed by atoms with Gasteiger partial charge in [0.05, 0.1) is 0 Å². The molecule has 0 aliphatic heterocycles. The molecule has 0 bridgehead atoms. The molecule has 3 unspecified atom stereocenters. The molecule has 0 aliphatic carbocycles. The van der Waals surface area contributed by atoms with Crippen LogP contribution in [0.1, 0.15) is 42.7 Å². The van der Waals surface area contributed by atoms with Crippen LogP contribution in [0.15, 0.2) is 46.3 Å². The summed E-state index contributed by atoms with van der Waals surface area (Å²) in [6.45, 7) is 4.52. The molecule has 0 aliphatic rings. The van der Waals surface area contributed by atoms with E-state index in [0.29, 0.717) is 11.8 Å². The Labute approximate surface area is 128 Å². The maximum atomic E-state index is 6.57. The lowest BCUT2D eigenvalue weighted by molar-refractivity contribution is 0.390. The van der Waals surface area contributed by atoms with Crippen LogP contribution in [0.5, 0.6) is 0 Å². The third-order valence-corrected chi connectivity index (χ3v) is 5.75. The largest absolute Gasteiger partial charge is 0.323 e. The van der Waals surface area contributed by atoms with Crippen molar-refractivity contribution in [2.24, 2.45) is 11.7 Å². The summed E-state index contributed by atoms with van der Waals surface area (Å²) in [5, 5.41) is 2.10. The predicted octanol–water partition coefficient (Wildman–Crippen LogP) is 5.34. The quantitative estimate of drug-likeness (QED) is 0.782. The van der Waals surface area contributed by atoms with E-state index in [9.17, 15) is 0 Å². The smallest absolute Gasteiger partial charge is 0.0473 e. The van der Waals surface area contributed by atoms with E-state index in [1.165, 1.54) is 10.4 Å². The van der Waals surface area contributed by atoms with Crippen LogP contribution < -0.4 is 5.73 Å². The van der Waals surface area contributed by atoms with Crippen molar-refractivity contribution in [3.63, 3.8) is 0 Å². The van der Waals surface area contributed by atoms with Crippen LogP contribution in [0.25, 0.3) is 0 Å². The van der Waals surface area contributed by atoms with Crippen LogP contribution in [0, 0.1) is 5.92 Å². The van der Waals surface area contributed by atoms with Gasteiger partial charge >= 0.3 is 0 Å². The second kappa shape index (κ2) is 6.69. The Morgan fingerprint density at radius 1 is 1.21 bits per heavy atom. The highest BCUT2D eigenvalue weighted by molar-refractivity contribution is 9.10. The number of thiophene rings is 1. The lowest BCUT2D eigenvalue weighted by Gasteiger charge is -2.29. The minimum atomic E-state index is 0.0479. The highest BCUT2D eigenvalue weighted by atomic mass is 79.9. The Bertz CT molecular complexity index is 508. The number of hydrogen-bond donors (Lipinski definition) is 1. The fourth-order valence-corrected chi connectivity index (χ4v) is 4.21. The van der Waals surface area contributed by atoms with Crippen molar-refractivity contribution in [1.29, 1.82) is 0 Å². The molecular weight excluding hydrogens is 318 g/mol. The van der Waals surface area contributed by atoms with Crippen LogP contribution in [0.4, 0.5) is 0 Å². The monoisotopic (exact) mass is 337 g/mol. The third-order valence-electron chi connectivity index (χ3n) is 3.78. The van der Waals surface area contributed by atoms with Crippen molar-refractivity contribution >= 4 is 27.3 Å². The predicted molar refractivity (Wildman–Crippen MR) is 87.6 cm³/mol. The average Bonchev–Trinajstić information content (AvgIpc) is 2.86. The first-order valence-electron chi connectivity index (χ1n) is 6.68. The Balaban J connectivity index is 2.36. The molecule has 2 N–H and O–H groups in total. The number of nitrogens with two attached hydrogens (primary N) is 1. The molecule has 0 fully saturated rings. The molecule has 2 aromatic rings. The number of benzene rings is 1. The second-order valence-corrected chi connectivity index (χ2v) is 6.78. The van der Waals surface area contributed by atoms with Gasteiger partial charge in [-0.15, -0.1) is 11.3 Å². The molecule has 1 heterocycles. The molecule has 1 aromatic carbocycles. The van der Waals surface area contributed by atoms with E-state index in [1.807, 2.05) is 0 Å². The van der Waals surface area contributed by atoms with Crippen LogP contribution >= 0.6 is 27.3 Å². The first-order chi connectivity index (χ1) is 9.15. The zero-order valence-electron chi connectivity index (χ0n) is 11.3. The summed E-state index contributed by atoms with van der Waals surface area (Å²) in [5.41, 5.74) is 7.91. The fourth-order valence-electron chi connectivity index (χ4n) is 2.53. The van der Waals surface area contributed by atoms with Gasteiger partial charge in [-0.1, -0.05) is 50.6 Å². The van der Waals surface area contributed by atoms with Crippen LogP contribution in [-0.4, -0.2) is 0 Å². The molecule has 0 amide bonds. The van der Waals surface area contributed by atoms with Crippen LogP contribution in [-0.2, 0) is 0 Å². The Kier molecular flexibility index (Phi) is 5.20. The number of halogens is 1. The minimum Gasteiger partial charge on any atom is -0.323 e. The van der Waals surface area contributed by atoms with Gasteiger partial charge in [0.15, 0.2) is 0 Å². The van der Waals surface area contributed by atoms with Gasteiger partial charge in [0.25, 0.3) is 0 Å². The zero-order valence-corrected chi connectivity index (χ0v) is 13.7. The molecule has 3 atom stereocenters. The van der Waals surface area contributed by atoms with Crippen molar-refractivity contribution in [3.05, 3.63) is 56.7 Å². The minimum absolute atomic E-state index is 0.0479. The van der Waals surface area contributed by atoms with E-state index in [-0.39, 0.29) is 6.04 Å². The van der Waals surface area contributed by atoms with Gasteiger partial charge in [0.2, 0.25) is 0 Å². The lowest BCUT2D eigenvalue weighted by atomic mass is 9.80. The third kappa shape index (κ3) is 3.28. The van der Waals surface area contributed by atoms with E-state index < -0.39 is 0 Å². The average molecular weight is 338 g/mol. The van der Waals surface area contributed by atoms with Crippen LogP contribution in [0.2, 0.25) is 0 Å². The first-order valence-corrected chi connectivity index (χ1v) is 8.35. The summed E-state index contributed by atoms with van der Waals surface area (Å²) < 4.78 is 1.13. The molecule has 19 heavy (non-hydrogen) atoms. The van der Waals surface area contributed by atoms with Gasteiger partial charge < -0.3 is 5.73 Å². The Morgan fingerprint density at radius 2 is 1.89 bits per heavy atom. The molecule has 0 saturated heterocycles. The molecule has 1 nitrogen and oxygen atoms in total. The van der Waals surface area contributed by atoms with E-state index >= 15 is 0 Å². The fraction of sp³-hybridized carbons (Fsp3) is 0.375. The van der Waals surface area contributed by atoms with Gasteiger partial charge in [-0.3, -0.25) is 0 Å². The van der Waals surface area contributed by atoms with Gasteiger partial charge in [-0.2, -0.15) is 0 Å². The van der Waals surface area contributed by atoms with Crippen molar-refractivity contribution in [1.82, 2.24) is 0 Å². The standard InChI is InChI=1S/C16H20BrNS/c1-3-11(2)14(12-7-5-4-6-8-12)15(18)16-13(17)9-10-19-16/h4-11,14-15H,3,18H2,1-2H3. The zero-order chi connectivity index (χ0) is 13.8. The molecule has 3 heteroatoms. The summed E-state index contributed by atoms with van der Waals surface area (Å²) in [6, 6.07) is 12.8. The highest BCUT2D eigenvalue weighted by Gasteiger charge is 2.27. The summed E-state index contributed by atoms with van der Waals surface area (Å²) >= 11 is 5.35. The maximum absolute atomic E-state index is 6.57. The molecule has 102 valence electrons. The van der Waals surface area contributed by atoms with Crippen molar-refractivity contribution in [2.45, 2.75) is 32.2 Å². The van der Waals surface area contributed by atoms with Gasteiger partial charge in [0, 0.05) is 21.3 Å². The number of hydrogen-bond acceptors (Lipinski definition) is 2. The normalized spacial score (nSPS) is 16.0. The van der Waals surface area contributed by atoms with E-state index in [0.717, 1.165) is 10.9 Å². The summed E-state index contributed by atoms with van der Waals surface area (Å²) in [5.74, 6) is 0.924. The lowest BCUT2D eigenvalue weighted by Crippen LogP contribution is -2.24. The van der Waals surface area contributed by atoms with E-state index in [4.69, 9.17) is 5.73 Å². The Hall–Kier alpha value is -0.640. The molecule has 0 saturated carbocycles. The van der Waals surface area contributed by atoms with E-state index in [1.54, 1.807) is 11.3 Å². The Morgan fingerprint density at radius 3 is 2.42 bits per heavy atom. The maximum Gasteiger partial charge on any atom is 0.0473 e.